The molecule has 1 aromatic carbocycles. The van der Waals surface area contributed by atoms with Crippen LogP contribution in [0.1, 0.15) is 38.2 Å². The van der Waals surface area contributed by atoms with E-state index in [2.05, 4.69) is 31.4 Å². The Morgan fingerprint density at radius 1 is 1.35 bits per heavy atom. The number of imidazole rings is 1. The van der Waals surface area contributed by atoms with Gasteiger partial charge in [0.15, 0.2) is 0 Å². The minimum Gasteiger partial charge on any atom is -0.383 e. The zero-order chi connectivity index (χ0) is 14.7. The molecule has 1 aromatic heterocycles. The number of aromatic nitrogens is 2. The van der Waals surface area contributed by atoms with Gasteiger partial charge in [-0.2, -0.15) is 0 Å². The van der Waals surface area contributed by atoms with Gasteiger partial charge in [0.1, 0.15) is 17.3 Å². The number of benzene rings is 1. The second-order valence-electron chi connectivity index (χ2n) is 5.21. The van der Waals surface area contributed by atoms with Crippen LogP contribution in [0.5, 0.6) is 0 Å². The van der Waals surface area contributed by atoms with E-state index in [0.717, 1.165) is 34.9 Å². The Kier molecular flexibility index (Phi) is 4.45. The van der Waals surface area contributed by atoms with Crippen molar-refractivity contribution in [2.75, 3.05) is 12.8 Å². The summed E-state index contributed by atoms with van der Waals surface area (Å²) in [6.07, 6.45) is 0.875. The van der Waals surface area contributed by atoms with Crippen LogP contribution in [-0.2, 0) is 17.8 Å². The summed E-state index contributed by atoms with van der Waals surface area (Å²) in [4.78, 5) is 4.72. The van der Waals surface area contributed by atoms with E-state index in [1.54, 1.807) is 7.11 Å². The highest BCUT2D eigenvalue weighted by Gasteiger charge is 2.17. The lowest BCUT2D eigenvalue weighted by atomic mass is 10.1. The molecule has 0 aliphatic rings. The smallest absolute Gasteiger partial charge is 0.131 e. The Morgan fingerprint density at radius 3 is 2.65 bits per heavy atom. The lowest BCUT2D eigenvalue weighted by Crippen LogP contribution is -2.08. The van der Waals surface area contributed by atoms with Crippen molar-refractivity contribution in [1.29, 1.82) is 0 Å². The van der Waals surface area contributed by atoms with Gasteiger partial charge in [-0.05, 0) is 25.5 Å². The van der Waals surface area contributed by atoms with E-state index >= 15 is 0 Å². The average Bonchev–Trinajstić information content (AvgIpc) is 2.76. The molecule has 2 aromatic rings. The van der Waals surface area contributed by atoms with E-state index in [1.165, 1.54) is 0 Å². The van der Waals surface area contributed by atoms with Crippen molar-refractivity contribution >= 4 is 5.82 Å². The van der Waals surface area contributed by atoms with Crippen LogP contribution in [-0.4, -0.2) is 16.7 Å². The molecule has 0 radical (unpaired) electrons. The van der Waals surface area contributed by atoms with Gasteiger partial charge in [0.25, 0.3) is 0 Å². The maximum absolute atomic E-state index is 6.31. The highest BCUT2D eigenvalue weighted by molar-refractivity contribution is 5.71. The van der Waals surface area contributed by atoms with Crippen molar-refractivity contribution < 1.29 is 4.74 Å². The first-order valence-electron chi connectivity index (χ1n) is 7.03. The Balaban J connectivity index is 2.50. The number of aryl methyl sites for hydroxylation is 1. The monoisotopic (exact) mass is 273 g/mol. The minimum atomic E-state index is 0.313. The number of nitrogens with two attached hydrogens (primary N) is 1. The SMILES string of the molecule is CCc1nc(-c2cccc(COC)c2)c(N)n1C(C)C. The zero-order valence-corrected chi connectivity index (χ0v) is 12.7. The third-order valence-electron chi connectivity index (χ3n) is 3.37. The maximum Gasteiger partial charge on any atom is 0.131 e. The lowest BCUT2D eigenvalue weighted by molar-refractivity contribution is 0.185. The summed E-state index contributed by atoms with van der Waals surface area (Å²) in [5.74, 6) is 1.77. The van der Waals surface area contributed by atoms with Gasteiger partial charge in [-0.1, -0.05) is 25.1 Å². The molecule has 4 nitrogen and oxygen atoms in total. The number of anilines is 1. The number of hydrogen-bond donors (Lipinski definition) is 1. The number of nitrogen functional groups attached to an aromatic ring is 1. The van der Waals surface area contributed by atoms with Gasteiger partial charge in [-0.25, -0.2) is 4.98 Å². The normalized spacial score (nSPS) is 11.2. The molecule has 20 heavy (non-hydrogen) atoms. The first-order chi connectivity index (χ1) is 9.58. The van der Waals surface area contributed by atoms with Crippen LogP contribution in [0, 0.1) is 0 Å². The van der Waals surface area contributed by atoms with Crippen LogP contribution < -0.4 is 5.73 Å². The van der Waals surface area contributed by atoms with E-state index in [4.69, 9.17) is 15.5 Å². The van der Waals surface area contributed by atoms with Crippen molar-refractivity contribution in [3.8, 4) is 11.3 Å². The molecule has 0 amide bonds. The Bertz CT molecular complexity index is 587. The van der Waals surface area contributed by atoms with E-state index < -0.39 is 0 Å². The molecular formula is C16H23N3O. The molecule has 0 spiro atoms. The van der Waals surface area contributed by atoms with Crippen LogP contribution in [0.4, 0.5) is 5.82 Å². The topological polar surface area (TPSA) is 53.1 Å². The van der Waals surface area contributed by atoms with Crippen LogP contribution in [0.2, 0.25) is 0 Å². The van der Waals surface area contributed by atoms with Crippen LogP contribution in [0.3, 0.4) is 0 Å². The van der Waals surface area contributed by atoms with E-state index in [0.29, 0.717) is 12.6 Å². The minimum absolute atomic E-state index is 0.313. The molecule has 0 atom stereocenters. The molecule has 0 aliphatic carbocycles. The third-order valence-corrected chi connectivity index (χ3v) is 3.37. The molecule has 0 fully saturated rings. The van der Waals surface area contributed by atoms with Crippen LogP contribution in [0.25, 0.3) is 11.3 Å². The van der Waals surface area contributed by atoms with Crippen molar-refractivity contribution in [3.05, 3.63) is 35.7 Å². The summed E-state index contributed by atoms with van der Waals surface area (Å²) < 4.78 is 7.29. The molecule has 0 aliphatic heterocycles. The summed E-state index contributed by atoms with van der Waals surface area (Å²) >= 11 is 0. The Labute approximate surface area is 120 Å². The molecule has 1 heterocycles. The average molecular weight is 273 g/mol. The van der Waals surface area contributed by atoms with E-state index in [9.17, 15) is 0 Å². The number of ether oxygens (including phenoxy) is 1. The second-order valence-corrected chi connectivity index (χ2v) is 5.21. The van der Waals surface area contributed by atoms with Gasteiger partial charge in [-0.15, -0.1) is 0 Å². The maximum atomic E-state index is 6.31. The zero-order valence-electron chi connectivity index (χ0n) is 12.7. The molecule has 2 rings (SSSR count). The van der Waals surface area contributed by atoms with E-state index in [1.807, 2.05) is 18.2 Å². The summed E-state index contributed by atoms with van der Waals surface area (Å²) in [6.45, 7) is 6.95. The van der Waals surface area contributed by atoms with Gasteiger partial charge < -0.3 is 15.0 Å². The lowest BCUT2D eigenvalue weighted by Gasteiger charge is -2.12. The van der Waals surface area contributed by atoms with Gasteiger partial charge in [-0.3, -0.25) is 0 Å². The Hall–Kier alpha value is -1.81. The van der Waals surface area contributed by atoms with Gasteiger partial charge in [0.2, 0.25) is 0 Å². The molecule has 0 unspecified atom stereocenters. The molecule has 4 heteroatoms. The van der Waals surface area contributed by atoms with Crippen LogP contribution in [0.15, 0.2) is 24.3 Å². The molecule has 0 saturated heterocycles. The molecular weight excluding hydrogens is 250 g/mol. The first-order valence-corrected chi connectivity index (χ1v) is 7.03. The fourth-order valence-electron chi connectivity index (χ4n) is 2.51. The number of hydrogen-bond acceptors (Lipinski definition) is 3. The summed E-state index contributed by atoms with van der Waals surface area (Å²) in [7, 11) is 1.70. The fraction of sp³-hybridized carbons (Fsp3) is 0.438. The fourth-order valence-corrected chi connectivity index (χ4v) is 2.51. The highest BCUT2D eigenvalue weighted by Crippen LogP contribution is 2.29. The second kappa shape index (κ2) is 6.09. The highest BCUT2D eigenvalue weighted by atomic mass is 16.5. The van der Waals surface area contributed by atoms with Crippen molar-refractivity contribution in [1.82, 2.24) is 9.55 Å². The van der Waals surface area contributed by atoms with Gasteiger partial charge in [0.05, 0.1) is 6.61 Å². The van der Waals surface area contributed by atoms with Crippen molar-refractivity contribution in [2.24, 2.45) is 0 Å². The first kappa shape index (κ1) is 14.6. The summed E-state index contributed by atoms with van der Waals surface area (Å²) in [6, 6.07) is 8.51. The largest absolute Gasteiger partial charge is 0.383 e. The quantitative estimate of drug-likeness (QED) is 0.908. The van der Waals surface area contributed by atoms with Gasteiger partial charge >= 0.3 is 0 Å². The number of rotatable bonds is 5. The predicted octanol–water partition coefficient (Wildman–Crippen LogP) is 3.42. The van der Waals surface area contributed by atoms with Crippen LogP contribution >= 0.6 is 0 Å². The van der Waals surface area contributed by atoms with E-state index in [-0.39, 0.29) is 0 Å². The van der Waals surface area contributed by atoms with Crippen molar-refractivity contribution in [2.45, 2.75) is 39.8 Å². The third kappa shape index (κ3) is 2.70. The molecule has 108 valence electrons. The molecule has 0 bridgehead atoms. The summed E-state index contributed by atoms with van der Waals surface area (Å²) in [5, 5.41) is 0. The number of nitrogens with zero attached hydrogens (tertiary/aromatic N) is 2. The Morgan fingerprint density at radius 2 is 2.10 bits per heavy atom. The predicted molar refractivity (Wildman–Crippen MR) is 82.6 cm³/mol. The van der Waals surface area contributed by atoms with Gasteiger partial charge in [0, 0.05) is 25.1 Å². The molecule has 2 N–H and O–H groups in total. The van der Waals surface area contributed by atoms with Crippen molar-refractivity contribution in [3.63, 3.8) is 0 Å². The molecule has 0 saturated carbocycles. The summed E-state index contributed by atoms with van der Waals surface area (Å²) in [5.41, 5.74) is 9.35. The number of methoxy groups -OCH3 is 1. The standard InChI is InChI=1S/C16H23N3O/c1-5-14-18-15(16(17)19(14)11(2)3)13-8-6-7-12(9-13)10-20-4/h6-9,11H,5,10,17H2,1-4H3.